The van der Waals surface area contributed by atoms with Gasteiger partial charge in [-0.1, -0.05) is 0 Å². The summed E-state index contributed by atoms with van der Waals surface area (Å²) < 4.78 is 5.01. The van der Waals surface area contributed by atoms with E-state index in [1.807, 2.05) is 12.1 Å². The van der Waals surface area contributed by atoms with Crippen molar-refractivity contribution in [3.05, 3.63) is 30.1 Å². The molecule has 2 atom stereocenters. The van der Waals surface area contributed by atoms with Gasteiger partial charge in [0, 0.05) is 18.8 Å². The molecule has 1 N–H and O–H groups in total. The van der Waals surface area contributed by atoms with Crippen molar-refractivity contribution in [2.24, 2.45) is 0 Å². The van der Waals surface area contributed by atoms with Crippen LogP contribution in [0.2, 0.25) is 0 Å². The third-order valence-electron chi connectivity index (χ3n) is 3.36. The minimum atomic E-state index is -0.802. The molecule has 112 valence electrons. The summed E-state index contributed by atoms with van der Waals surface area (Å²) in [6, 6.07) is 3.34. The predicted octanol–water partition coefficient (Wildman–Crippen LogP) is 1.83. The summed E-state index contributed by atoms with van der Waals surface area (Å²) in [6.07, 6.45) is 2.70. The van der Waals surface area contributed by atoms with Crippen molar-refractivity contribution < 1.29 is 19.1 Å². The van der Waals surface area contributed by atoms with Crippen LogP contribution in [-0.2, 0) is 11.2 Å². The molecule has 1 rings (SSSR count). The molecule has 0 saturated carbocycles. The van der Waals surface area contributed by atoms with Gasteiger partial charge in [0.2, 0.25) is 0 Å². The Bertz CT molecular complexity index is 426. The normalized spacial score (nSPS) is 14.7. The van der Waals surface area contributed by atoms with E-state index in [2.05, 4.69) is 4.98 Å². The molecule has 0 fully saturated rings. The van der Waals surface area contributed by atoms with Crippen molar-refractivity contribution in [1.82, 2.24) is 4.98 Å². The Labute approximate surface area is 124 Å². The maximum absolute atomic E-state index is 12.1. The van der Waals surface area contributed by atoms with Gasteiger partial charge in [0.1, 0.15) is 12.1 Å². The van der Waals surface area contributed by atoms with Gasteiger partial charge in [-0.15, -0.1) is 11.6 Å². The molecule has 0 spiro atoms. The number of alkyl halides is 1. The number of halogens is 1. The van der Waals surface area contributed by atoms with E-state index in [0.29, 0.717) is 13.0 Å². The largest absolute Gasteiger partial charge is 0.515 e. The first kappa shape index (κ1) is 16.9. The van der Waals surface area contributed by atoms with Crippen LogP contribution in [0.25, 0.3) is 0 Å². The predicted molar refractivity (Wildman–Crippen MR) is 77.6 cm³/mol. The number of ether oxygens (including phenoxy) is 1. The van der Waals surface area contributed by atoms with Gasteiger partial charge < -0.3 is 9.84 Å². The number of carbonyl (C=O) groups is 1. The van der Waals surface area contributed by atoms with Gasteiger partial charge in [-0.3, -0.25) is 4.98 Å². The van der Waals surface area contributed by atoms with Crippen molar-refractivity contribution in [2.75, 3.05) is 26.6 Å². The number of aliphatic hydroxyl groups excluding tert-OH is 1. The molecule has 0 radical (unpaired) electrons. The number of hydrogen-bond acceptors (Lipinski definition) is 4. The summed E-state index contributed by atoms with van der Waals surface area (Å²) in [5.74, 6) is 0.0663. The summed E-state index contributed by atoms with van der Waals surface area (Å²) in [5, 5.41) is 10.2. The van der Waals surface area contributed by atoms with E-state index in [1.165, 1.54) is 0 Å². The Balaban J connectivity index is 2.97. The van der Waals surface area contributed by atoms with E-state index in [4.69, 9.17) is 16.3 Å². The average Bonchev–Trinajstić information content (AvgIpc) is 2.45. The van der Waals surface area contributed by atoms with Crippen LogP contribution < -0.4 is 0 Å². The fraction of sp³-hybridized carbons (Fsp3) is 0.571. The SMILES string of the molecule is CCOC(=O)[N+](C)(C)[C@@H](Cc1ccncc1)[C@H](O)CCl. The minimum absolute atomic E-state index is 0.0663. The molecule has 0 aliphatic heterocycles. The lowest BCUT2D eigenvalue weighted by Crippen LogP contribution is -2.59. The van der Waals surface area contributed by atoms with Crippen LogP contribution in [0.4, 0.5) is 4.79 Å². The number of hydrogen-bond donors (Lipinski definition) is 1. The third-order valence-corrected chi connectivity index (χ3v) is 3.68. The number of rotatable bonds is 6. The Hall–Kier alpha value is -1.17. The van der Waals surface area contributed by atoms with Crippen LogP contribution >= 0.6 is 11.6 Å². The molecule has 5 nitrogen and oxygen atoms in total. The Morgan fingerprint density at radius 1 is 1.45 bits per heavy atom. The van der Waals surface area contributed by atoms with Crippen LogP contribution in [0.15, 0.2) is 24.5 Å². The number of aliphatic hydroxyl groups is 1. The maximum Gasteiger partial charge on any atom is 0.515 e. The maximum atomic E-state index is 12.1. The quantitative estimate of drug-likeness (QED) is 0.643. The van der Waals surface area contributed by atoms with Crippen LogP contribution in [-0.4, -0.2) is 59.4 Å². The third kappa shape index (κ3) is 4.16. The van der Waals surface area contributed by atoms with Gasteiger partial charge in [0.25, 0.3) is 0 Å². The van der Waals surface area contributed by atoms with Crippen LogP contribution in [0.1, 0.15) is 12.5 Å². The fourth-order valence-electron chi connectivity index (χ4n) is 2.08. The van der Waals surface area contributed by atoms with E-state index >= 15 is 0 Å². The highest BCUT2D eigenvalue weighted by atomic mass is 35.5. The summed E-state index contributed by atoms with van der Waals surface area (Å²) in [4.78, 5) is 16.1. The van der Waals surface area contributed by atoms with Crippen molar-refractivity contribution in [3.63, 3.8) is 0 Å². The molecule has 0 unspecified atom stereocenters. The van der Waals surface area contributed by atoms with Gasteiger partial charge in [-0.25, -0.2) is 4.48 Å². The highest BCUT2D eigenvalue weighted by Gasteiger charge is 2.41. The standard InChI is InChI=1S/C14H22ClN2O3/c1-4-20-14(19)17(2,3)12(13(18)10-15)9-11-5-7-16-8-6-11/h5-8,12-13,18H,4,9-10H2,1-3H3/q+1/t12-,13+/m0/s1. The van der Waals surface area contributed by atoms with E-state index in [0.717, 1.165) is 5.56 Å². The second-order valence-corrected chi connectivity index (χ2v) is 5.40. The highest BCUT2D eigenvalue weighted by molar-refractivity contribution is 6.18. The summed E-state index contributed by atoms with van der Waals surface area (Å²) >= 11 is 5.78. The van der Waals surface area contributed by atoms with E-state index < -0.39 is 6.10 Å². The smallest absolute Gasteiger partial charge is 0.420 e. The zero-order valence-corrected chi connectivity index (χ0v) is 12.9. The van der Waals surface area contributed by atoms with Crippen molar-refractivity contribution in [2.45, 2.75) is 25.5 Å². The lowest BCUT2D eigenvalue weighted by molar-refractivity contribution is -0.848. The molecule has 1 amide bonds. The molecule has 1 aromatic rings. The average molecular weight is 302 g/mol. The lowest BCUT2D eigenvalue weighted by Gasteiger charge is -2.36. The molecule has 0 aliphatic carbocycles. The number of quaternary nitrogens is 1. The van der Waals surface area contributed by atoms with Crippen molar-refractivity contribution in [3.8, 4) is 0 Å². The van der Waals surface area contributed by atoms with Crippen LogP contribution in [0.3, 0.4) is 0 Å². The molecule has 1 aromatic heterocycles. The number of likely N-dealkylation sites (N-methyl/N-ethyl adjacent to an activating group) is 1. The molecular weight excluding hydrogens is 280 g/mol. The molecule has 0 aromatic carbocycles. The summed E-state index contributed by atoms with van der Waals surface area (Å²) in [7, 11) is 3.44. The molecule has 20 heavy (non-hydrogen) atoms. The first-order valence-corrected chi connectivity index (χ1v) is 7.10. The van der Waals surface area contributed by atoms with Gasteiger partial charge in [-0.05, 0) is 24.6 Å². The zero-order chi connectivity index (χ0) is 15.2. The molecule has 0 saturated heterocycles. The van der Waals surface area contributed by atoms with Gasteiger partial charge in [0.15, 0.2) is 0 Å². The van der Waals surface area contributed by atoms with Gasteiger partial charge in [0.05, 0.1) is 26.6 Å². The minimum Gasteiger partial charge on any atom is -0.420 e. The van der Waals surface area contributed by atoms with Gasteiger partial charge >= 0.3 is 6.09 Å². The zero-order valence-electron chi connectivity index (χ0n) is 12.1. The molecule has 6 heteroatoms. The monoisotopic (exact) mass is 301 g/mol. The first-order valence-electron chi connectivity index (χ1n) is 6.57. The second-order valence-electron chi connectivity index (χ2n) is 5.09. The summed E-state index contributed by atoms with van der Waals surface area (Å²) in [5.41, 5.74) is 0.990. The number of nitrogens with zero attached hydrogens (tertiary/aromatic N) is 2. The molecule has 0 aliphatic rings. The Morgan fingerprint density at radius 3 is 2.55 bits per heavy atom. The molecule has 0 bridgehead atoms. The van der Waals surface area contributed by atoms with E-state index in [9.17, 15) is 9.90 Å². The number of carbonyl (C=O) groups excluding carboxylic acids is 1. The molecule has 1 heterocycles. The number of aromatic nitrogens is 1. The summed E-state index contributed by atoms with van der Waals surface area (Å²) in [6.45, 7) is 2.06. The van der Waals surface area contributed by atoms with Gasteiger partial charge in [-0.2, -0.15) is 4.79 Å². The van der Waals surface area contributed by atoms with Crippen molar-refractivity contribution in [1.29, 1.82) is 0 Å². The van der Waals surface area contributed by atoms with Crippen molar-refractivity contribution >= 4 is 17.7 Å². The number of pyridine rings is 1. The second kappa shape index (κ2) is 7.57. The topological polar surface area (TPSA) is 59.4 Å². The highest BCUT2D eigenvalue weighted by Crippen LogP contribution is 2.19. The number of amides is 1. The molecular formula is C14H22ClN2O3+. The van der Waals surface area contributed by atoms with Crippen LogP contribution in [0.5, 0.6) is 0 Å². The first-order chi connectivity index (χ1) is 9.43. The van der Waals surface area contributed by atoms with Crippen LogP contribution in [0, 0.1) is 0 Å². The van der Waals surface area contributed by atoms with E-state index in [1.54, 1.807) is 33.4 Å². The fourth-order valence-corrected chi connectivity index (χ4v) is 2.29. The van der Waals surface area contributed by atoms with E-state index in [-0.39, 0.29) is 22.5 Å². The Morgan fingerprint density at radius 2 is 2.05 bits per heavy atom. The Kier molecular flexibility index (Phi) is 6.39. The lowest BCUT2D eigenvalue weighted by atomic mass is 10.0.